The number of nitrogens with one attached hydrogen (secondary N) is 1. The van der Waals surface area contributed by atoms with Crippen LogP contribution < -0.4 is 11.1 Å². The van der Waals surface area contributed by atoms with Crippen LogP contribution >= 0.6 is 11.8 Å². The number of thioether (sulfide) groups is 1. The van der Waals surface area contributed by atoms with Crippen LogP contribution in [0.15, 0.2) is 53.4 Å². The van der Waals surface area contributed by atoms with Crippen molar-refractivity contribution in [1.82, 2.24) is 5.32 Å². The molecule has 2 aromatic rings. The molecule has 3 nitrogen and oxygen atoms in total. The van der Waals surface area contributed by atoms with Crippen molar-refractivity contribution in [3.63, 3.8) is 0 Å². The van der Waals surface area contributed by atoms with Gasteiger partial charge in [0.15, 0.2) is 0 Å². The molecule has 19 heavy (non-hydrogen) atoms. The van der Waals surface area contributed by atoms with Crippen LogP contribution in [0.4, 0.5) is 5.69 Å². The molecule has 0 aromatic heterocycles. The first-order valence-corrected chi connectivity index (χ1v) is 6.97. The Morgan fingerprint density at radius 3 is 2.58 bits per heavy atom. The largest absolute Gasteiger partial charge is 0.398 e. The van der Waals surface area contributed by atoms with Gasteiger partial charge in [-0.25, -0.2) is 0 Å². The predicted octanol–water partition coefficient (Wildman–Crippen LogP) is 2.92. The van der Waals surface area contributed by atoms with Gasteiger partial charge < -0.3 is 11.1 Å². The number of hydrogen-bond acceptors (Lipinski definition) is 3. The van der Waals surface area contributed by atoms with Gasteiger partial charge in [-0.05, 0) is 23.8 Å². The maximum Gasteiger partial charge on any atom is 0.251 e. The van der Waals surface area contributed by atoms with E-state index in [-0.39, 0.29) is 5.91 Å². The molecule has 2 rings (SSSR count). The van der Waals surface area contributed by atoms with E-state index in [9.17, 15) is 4.79 Å². The zero-order valence-electron chi connectivity index (χ0n) is 10.7. The molecular formula is C15H16N2OS. The highest BCUT2D eigenvalue weighted by molar-refractivity contribution is 7.98. The minimum absolute atomic E-state index is 0.119. The molecule has 0 unspecified atom stereocenters. The topological polar surface area (TPSA) is 55.1 Å². The Morgan fingerprint density at radius 2 is 1.95 bits per heavy atom. The van der Waals surface area contributed by atoms with Gasteiger partial charge >= 0.3 is 0 Å². The molecule has 3 N–H and O–H groups in total. The monoisotopic (exact) mass is 272 g/mol. The lowest BCUT2D eigenvalue weighted by Crippen LogP contribution is -2.17. The summed E-state index contributed by atoms with van der Waals surface area (Å²) >= 11 is 1.67. The van der Waals surface area contributed by atoms with Crippen LogP contribution in [0.3, 0.4) is 0 Å². The summed E-state index contributed by atoms with van der Waals surface area (Å²) in [6.07, 6.45) is 0. The Labute approximate surface area is 117 Å². The Kier molecular flexibility index (Phi) is 4.47. The highest BCUT2D eigenvalue weighted by Gasteiger charge is 2.07. The minimum Gasteiger partial charge on any atom is -0.398 e. The van der Waals surface area contributed by atoms with E-state index in [4.69, 9.17) is 5.73 Å². The summed E-state index contributed by atoms with van der Waals surface area (Å²) in [5.41, 5.74) is 8.46. The summed E-state index contributed by atoms with van der Waals surface area (Å²) in [6, 6.07) is 15.6. The second-order valence-electron chi connectivity index (χ2n) is 4.11. The molecule has 0 heterocycles. The maximum atomic E-state index is 11.5. The van der Waals surface area contributed by atoms with E-state index < -0.39 is 0 Å². The Bertz CT molecular complexity index is 570. The first kappa shape index (κ1) is 13.5. The molecule has 0 fully saturated rings. The minimum atomic E-state index is -0.119. The van der Waals surface area contributed by atoms with Gasteiger partial charge in [0.05, 0.1) is 0 Å². The number of anilines is 1. The van der Waals surface area contributed by atoms with Gasteiger partial charge in [-0.1, -0.05) is 30.3 Å². The molecule has 0 saturated heterocycles. The number of nitrogen functional groups attached to an aromatic ring is 1. The molecular weight excluding hydrogens is 256 g/mol. The van der Waals surface area contributed by atoms with Gasteiger partial charge in [0.25, 0.3) is 5.91 Å². The number of benzene rings is 2. The average molecular weight is 272 g/mol. The van der Waals surface area contributed by atoms with E-state index in [1.54, 1.807) is 30.9 Å². The standard InChI is InChI=1S/C15H16N2OS/c1-17-15(18)12-7-8-14(13(16)9-12)19-10-11-5-3-2-4-6-11/h2-9H,10,16H2,1H3,(H,17,18). The van der Waals surface area contributed by atoms with Crippen molar-refractivity contribution in [3.05, 3.63) is 59.7 Å². The van der Waals surface area contributed by atoms with Crippen molar-refractivity contribution in [2.45, 2.75) is 10.6 Å². The zero-order valence-corrected chi connectivity index (χ0v) is 11.5. The molecule has 0 aliphatic carbocycles. The van der Waals surface area contributed by atoms with Crippen molar-refractivity contribution in [1.29, 1.82) is 0 Å². The number of amides is 1. The molecule has 0 aliphatic rings. The van der Waals surface area contributed by atoms with Gasteiger partial charge in [0.1, 0.15) is 0 Å². The second-order valence-corrected chi connectivity index (χ2v) is 5.12. The summed E-state index contributed by atoms with van der Waals surface area (Å²) in [7, 11) is 1.61. The van der Waals surface area contributed by atoms with Crippen LogP contribution in [0.2, 0.25) is 0 Å². The van der Waals surface area contributed by atoms with Gasteiger partial charge in [-0.2, -0.15) is 0 Å². The molecule has 4 heteroatoms. The van der Waals surface area contributed by atoms with Crippen molar-refractivity contribution in [2.24, 2.45) is 0 Å². The van der Waals surface area contributed by atoms with E-state index in [1.807, 2.05) is 24.3 Å². The van der Waals surface area contributed by atoms with Crippen molar-refractivity contribution in [2.75, 3.05) is 12.8 Å². The molecule has 0 aliphatic heterocycles. The highest BCUT2D eigenvalue weighted by atomic mass is 32.2. The van der Waals surface area contributed by atoms with Gasteiger partial charge in [-0.15, -0.1) is 11.8 Å². The van der Waals surface area contributed by atoms with Gasteiger partial charge in [0.2, 0.25) is 0 Å². The summed E-state index contributed by atoms with van der Waals surface area (Å²) in [4.78, 5) is 12.5. The van der Waals surface area contributed by atoms with Crippen molar-refractivity contribution in [3.8, 4) is 0 Å². The molecule has 0 saturated carbocycles. The van der Waals surface area contributed by atoms with Gasteiger partial charge in [-0.3, -0.25) is 4.79 Å². The maximum absolute atomic E-state index is 11.5. The third-order valence-corrected chi connectivity index (χ3v) is 3.90. The molecule has 0 atom stereocenters. The smallest absolute Gasteiger partial charge is 0.251 e. The highest BCUT2D eigenvalue weighted by Crippen LogP contribution is 2.28. The van der Waals surface area contributed by atoms with E-state index in [2.05, 4.69) is 17.4 Å². The summed E-state index contributed by atoms with van der Waals surface area (Å²) < 4.78 is 0. The van der Waals surface area contributed by atoms with Gasteiger partial charge in [0, 0.05) is 28.9 Å². The predicted molar refractivity (Wildman–Crippen MR) is 80.2 cm³/mol. The zero-order chi connectivity index (χ0) is 13.7. The number of carbonyl (C=O) groups is 1. The third kappa shape index (κ3) is 3.51. The van der Waals surface area contributed by atoms with E-state index in [1.165, 1.54) is 5.56 Å². The first-order valence-electron chi connectivity index (χ1n) is 5.99. The lowest BCUT2D eigenvalue weighted by Gasteiger charge is -2.07. The number of nitrogens with two attached hydrogens (primary N) is 1. The number of carbonyl (C=O) groups excluding carboxylic acids is 1. The van der Waals surface area contributed by atoms with Crippen molar-refractivity contribution >= 4 is 23.4 Å². The number of hydrogen-bond donors (Lipinski definition) is 2. The Hall–Kier alpha value is -1.94. The van der Waals surface area contributed by atoms with Crippen molar-refractivity contribution < 1.29 is 4.79 Å². The molecule has 1 amide bonds. The fourth-order valence-corrected chi connectivity index (χ4v) is 2.61. The third-order valence-electron chi connectivity index (χ3n) is 2.74. The van der Waals surface area contributed by atoms with E-state index >= 15 is 0 Å². The normalized spacial score (nSPS) is 10.2. The molecule has 0 spiro atoms. The van der Waals surface area contributed by atoms with Crippen LogP contribution in [-0.2, 0) is 5.75 Å². The fraction of sp³-hybridized carbons (Fsp3) is 0.133. The van der Waals surface area contributed by atoms with Crippen LogP contribution in [-0.4, -0.2) is 13.0 Å². The van der Waals surface area contributed by atoms with Crippen LogP contribution in [0, 0.1) is 0 Å². The lowest BCUT2D eigenvalue weighted by molar-refractivity contribution is 0.0963. The molecule has 0 radical (unpaired) electrons. The van der Waals surface area contributed by atoms with Crippen LogP contribution in [0.5, 0.6) is 0 Å². The fourth-order valence-electron chi connectivity index (χ4n) is 1.70. The Morgan fingerprint density at radius 1 is 1.21 bits per heavy atom. The molecule has 98 valence electrons. The summed E-state index contributed by atoms with van der Waals surface area (Å²) in [5, 5.41) is 2.58. The SMILES string of the molecule is CNC(=O)c1ccc(SCc2ccccc2)c(N)c1. The van der Waals surface area contributed by atoms with Crippen LogP contribution in [0.25, 0.3) is 0 Å². The second kappa shape index (κ2) is 6.29. The lowest BCUT2D eigenvalue weighted by atomic mass is 10.2. The number of rotatable bonds is 4. The Balaban J connectivity index is 2.07. The van der Waals surface area contributed by atoms with Crippen LogP contribution in [0.1, 0.15) is 15.9 Å². The molecule has 0 bridgehead atoms. The summed E-state index contributed by atoms with van der Waals surface area (Å²) in [6.45, 7) is 0. The average Bonchev–Trinajstić information content (AvgIpc) is 2.46. The first-order chi connectivity index (χ1) is 9.20. The summed E-state index contributed by atoms with van der Waals surface area (Å²) in [5.74, 6) is 0.746. The van der Waals surface area contributed by atoms with E-state index in [0.29, 0.717) is 11.3 Å². The quantitative estimate of drug-likeness (QED) is 0.664. The van der Waals surface area contributed by atoms with E-state index in [0.717, 1.165) is 10.6 Å². The molecule has 2 aromatic carbocycles.